The van der Waals surface area contributed by atoms with E-state index in [9.17, 15) is 9.90 Å². The number of aliphatic hydroxyl groups excluding tert-OH is 1. The van der Waals surface area contributed by atoms with Crippen LogP contribution in [0, 0.1) is 0 Å². The first-order valence-electron chi connectivity index (χ1n) is 8.57. The summed E-state index contributed by atoms with van der Waals surface area (Å²) >= 11 is 0. The molecule has 128 valence electrons. The average molecular weight is 341 g/mol. The Morgan fingerprint density at radius 2 is 1.46 bits per heavy atom. The van der Waals surface area contributed by atoms with Gasteiger partial charge in [-0.25, -0.2) is 0 Å². The van der Waals surface area contributed by atoms with Crippen molar-refractivity contribution in [2.45, 2.75) is 13.8 Å². The summed E-state index contributed by atoms with van der Waals surface area (Å²) in [7, 11) is 0. The highest BCUT2D eigenvalue weighted by molar-refractivity contribution is 6.21. The number of Topliss-reactive ketones (excluding diaryl/α,β-unsaturated/α-hetero) is 1. The van der Waals surface area contributed by atoms with Crippen LogP contribution in [0.3, 0.4) is 0 Å². The standard InChI is InChI=1S/C23H19NO2/c1-15(25)23(16(2)26)17-12-13-22-20(14-17)19-10-6-7-11-21(19)24(22)18-8-4-3-5-9-18/h3-14,25H,1-2H3. The molecule has 1 heterocycles. The lowest BCUT2D eigenvalue weighted by molar-refractivity contribution is -0.111. The minimum Gasteiger partial charge on any atom is -0.512 e. The smallest absolute Gasteiger partial charge is 0.163 e. The lowest BCUT2D eigenvalue weighted by atomic mass is 9.99. The highest BCUT2D eigenvalue weighted by atomic mass is 16.3. The molecule has 0 aliphatic heterocycles. The monoisotopic (exact) mass is 341 g/mol. The fourth-order valence-corrected chi connectivity index (χ4v) is 3.65. The quantitative estimate of drug-likeness (QED) is 0.386. The summed E-state index contributed by atoms with van der Waals surface area (Å²) in [6.45, 7) is 3.03. The number of aliphatic hydroxyl groups is 1. The Morgan fingerprint density at radius 3 is 2.15 bits per heavy atom. The minimum absolute atomic E-state index is 0.0450. The van der Waals surface area contributed by atoms with Gasteiger partial charge in [0.2, 0.25) is 0 Å². The van der Waals surface area contributed by atoms with Crippen LogP contribution in [0.25, 0.3) is 33.1 Å². The highest BCUT2D eigenvalue weighted by Crippen LogP contribution is 2.34. The third kappa shape index (κ3) is 2.49. The number of allylic oxidation sites excluding steroid dienone is 2. The van der Waals surface area contributed by atoms with Crippen molar-refractivity contribution >= 4 is 33.2 Å². The molecule has 3 aromatic carbocycles. The summed E-state index contributed by atoms with van der Waals surface area (Å²) in [6.07, 6.45) is 0. The SMILES string of the molecule is CC(=O)C(=C(C)O)c1ccc2c(c1)c1ccccc1n2-c1ccccc1. The lowest BCUT2D eigenvalue weighted by Gasteiger charge is -2.09. The molecule has 0 amide bonds. The van der Waals surface area contributed by atoms with Crippen LogP contribution in [-0.2, 0) is 4.79 Å². The second kappa shape index (κ2) is 6.19. The maximum absolute atomic E-state index is 12.0. The summed E-state index contributed by atoms with van der Waals surface area (Å²) < 4.78 is 2.22. The molecule has 0 spiro atoms. The molecule has 4 aromatic rings. The van der Waals surface area contributed by atoms with E-state index >= 15 is 0 Å². The molecule has 0 atom stereocenters. The number of benzene rings is 3. The number of para-hydroxylation sites is 2. The number of hydrogen-bond donors (Lipinski definition) is 1. The maximum Gasteiger partial charge on any atom is 0.163 e. The molecule has 1 aromatic heterocycles. The van der Waals surface area contributed by atoms with Crippen molar-refractivity contribution in [2.24, 2.45) is 0 Å². The molecule has 0 fully saturated rings. The number of carbonyl (C=O) groups is 1. The summed E-state index contributed by atoms with van der Waals surface area (Å²) in [4.78, 5) is 12.0. The van der Waals surface area contributed by atoms with Gasteiger partial charge in [0.05, 0.1) is 16.6 Å². The van der Waals surface area contributed by atoms with Gasteiger partial charge in [-0.3, -0.25) is 4.79 Å². The summed E-state index contributed by atoms with van der Waals surface area (Å²) in [5.74, 6) is -0.0974. The molecule has 3 heteroatoms. The van der Waals surface area contributed by atoms with Crippen LogP contribution in [0.5, 0.6) is 0 Å². The molecule has 0 aliphatic carbocycles. The van der Waals surface area contributed by atoms with Gasteiger partial charge in [0, 0.05) is 16.5 Å². The molecular formula is C23H19NO2. The Balaban J connectivity index is 2.09. The van der Waals surface area contributed by atoms with Gasteiger partial charge >= 0.3 is 0 Å². The zero-order valence-electron chi connectivity index (χ0n) is 14.7. The number of rotatable bonds is 3. The average Bonchev–Trinajstić information content (AvgIpc) is 2.96. The zero-order chi connectivity index (χ0) is 18.3. The molecule has 0 saturated heterocycles. The van der Waals surface area contributed by atoms with Crippen LogP contribution in [0.15, 0.2) is 78.6 Å². The Morgan fingerprint density at radius 1 is 0.808 bits per heavy atom. The van der Waals surface area contributed by atoms with E-state index in [4.69, 9.17) is 0 Å². The van der Waals surface area contributed by atoms with E-state index in [0.29, 0.717) is 5.57 Å². The van der Waals surface area contributed by atoms with Gasteiger partial charge in [-0.05, 0) is 49.7 Å². The van der Waals surface area contributed by atoms with Gasteiger partial charge in [0.1, 0.15) is 5.76 Å². The minimum atomic E-state index is -0.142. The van der Waals surface area contributed by atoms with Crippen molar-refractivity contribution in [2.75, 3.05) is 0 Å². The number of ketones is 1. The van der Waals surface area contributed by atoms with Crippen molar-refractivity contribution < 1.29 is 9.90 Å². The fraction of sp³-hybridized carbons (Fsp3) is 0.0870. The van der Waals surface area contributed by atoms with Gasteiger partial charge in [-0.15, -0.1) is 0 Å². The molecule has 0 unspecified atom stereocenters. The van der Waals surface area contributed by atoms with Crippen LogP contribution in [0.4, 0.5) is 0 Å². The van der Waals surface area contributed by atoms with Crippen LogP contribution in [0.2, 0.25) is 0 Å². The van der Waals surface area contributed by atoms with Crippen LogP contribution in [-0.4, -0.2) is 15.5 Å². The molecule has 0 radical (unpaired) electrons. The molecule has 0 bridgehead atoms. The van der Waals surface area contributed by atoms with Crippen LogP contribution in [0.1, 0.15) is 19.4 Å². The Hall–Kier alpha value is -3.33. The molecular weight excluding hydrogens is 322 g/mol. The summed E-state index contributed by atoms with van der Waals surface area (Å²) in [5.41, 5.74) is 4.37. The molecule has 26 heavy (non-hydrogen) atoms. The first kappa shape index (κ1) is 16.2. The van der Waals surface area contributed by atoms with Gasteiger partial charge in [-0.1, -0.05) is 42.5 Å². The van der Waals surface area contributed by atoms with E-state index in [1.807, 2.05) is 48.5 Å². The maximum atomic E-state index is 12.0. The van der Waals surface area contributed by atoms with Gasteiger partial charge in [0.15, 0.2) is 5.78 Å². The first-order chi connectivity index (χ1) is 12.6. The second-order valence-corrected chi connectivity index (χ2v) is 6.44. The molecule has 4 rings (SSSR count). The third-order valence-electron chi connectivity index (χ3n) is 4.69. The van der Waals surface area contributed by atoms with E-state index in [1.165, 1.54) is 6.92 Å². The Labute approximate surface area is 151 Å². The van der Waals surface area contributed by atoms with E-state index < -0.39 is 0 Å². The topological polar surface area (TPSA) is 42.2 Å². The number of nitrogens with zero attached hydrogens (tertiary/aromatic N) is 1. The lowest BCUT2D eigenvalue weighted by Crippen LogP contribution is -1.99. The normalized spacial score (nSPS) is 12.4. The summed E-state index contributed by atoms with van der Waals surface area (Å²) in [6, 6.07) is 24.4. The Bertz CT molecular complexity index is 1160. The van der Waals surface area contributed by atoms with Crippen molar-refractivity contribution in [1.29, 1.82) is 0 Å². The van der Waals surface area contributed by atoms with Gasteiger partial charge < -0.3 is 9.67 Å². The van der Waals surface area contributed by atoms with Crippen LogP contribution >= 0.6 is 0 Å². The number of aromatic nitrogens is 1. The second-order valence-electron chi connectivity index (χ2n) is 6.44. The van der Waals surface area contributed by atoms with Crippen molar-refractivity contribution in [3.8, 4) is 5.69 Å². The van der Waals surface area contributed by atoms with E-state index in [2.05, 4.69) is 28.8 Å². The van der Waals surface area contributed by atoms with E-state index in [-0.39, 0.29) is 11.5 Å². The third-order valence-corrected chi connectivity index (χ3v) is 4.69. The number of carbonyl (C=O) groups excluding carboxylic acids is 1. The van der Waals surface area contributed by atoms with Crippen molar-refractivity contribution in [1.82, 2.24) is 4.57 Å². The van der Waals surface area contributed by atoms with Crippen molar-refractivity contribution in [3.05, 3.63) is 84.1 Å². The van der Waals surface area contributed by atoms with Crippen LogP contribution < -0.4 is 0 Å². The fourth-order valence-electron chi connectivity index (χ4n) is 3.65. The van der Waals surface area contributed by atoms with E-state index in [0.717, 1.165) is 33.1 Å². The van der Waals surface area contributed by atoms with Gasteiger partial charge in [-0.2, -0.15) is 0 Å². The summed E-state index contributed by atoms with van der Waals surface area (Å²) in [5, 5.41) is 12.1. The highest BCUT2D eigenvalue weighted by Gasteiger charge is 2.16. The molecule has 0 aliphatic rings. The molecule has 3 nitrogen and oxygen atoms in total. The predicted octanol–water partition coefficient (Wildman–Crippen LogP) is 5.66. The zero-order valence-corrected chi connectivity index (χ0v) is 14.7. The molecule has 1 N–H and O–H groups in total. The predicted molar refractivity (Wildman–Crippen MR) is 107 cm³/mol. The number of hydrogen-bond acceptors (Lipinski definition) is 2. The number of fused-ring (bicyclic) bond motifs is 3. The largest absolute Gasteiger partial charge is 0.512 e. The van der Waals surface area contributed by atoms with Crippen molar-refractivity contribution in [3.63, 3.8) is 0 Å². The Kier molecular flexibility index (Phi) is 3.85. The van der Waals surface area contributed by atoms with E-state index in [1.54, 1.807) is 6.92 Å². The van der Waals surface area contributed by atoms with Gasteiger partial charge in [0.25, 0.3) is 0 Å². The first-order valence-corrected chi connectivity index (χ1v) is 8.57. The molecule has 0 saturated carbocycles.